The maximum atomic E-state index is 14.2. The van der Waals surface area contributed by atoms with E-state index in [1.807, 2.05) is 24.3 Å². The molecule has 5 rings (SSSR count). The molecule has 0 unspecified atom stereocenters. The van der Waals surface area contributed by atoms with Gasteiger partial charge in [0.25, 0.3) is 5.91 Å². The second-order valence-corrected chi connectivity index (χ2v) is 9.39. The molecule has 0 atom stereocenters. The lowest BCUT2D eigenvalue weighted by Crippen LogP contribution is -2.46. The number of piperidine rings is 1. The summed E-state index contributed by atoms with van der Waals surface area (Å²) < 4.78 is 27.5. The topological polar surface area (TPSA) is 36.4 Å². The minimum atomic E-state index is -0.630. The van der Waals surface area contributed by atoms with E-state index in [9.17, 15) is 13.6 Å². The van der Waals surface area contributed by atoms with Crippen LogP contribution in [0, 0.1) is 11.8 Å². The van der Waals surface area contributed by atoms with Crippen LogP contribution in [-0.2, 0) is 5.41 Å². The van der Waals surface area contributed by atoms with Crippen LogP contribution in [0.3, 0.4) is 0 Å². The van der Waals surface area contributed by atoms with Gasteiger partial charge in [0.2, 0.25) is 5.95 Å². The summed E-state index contributed by atoms with van der Waals surface area (Å²) >= 11 is 5.94. The largest absolute Gasteiger partial charge is 0.307 e. The van der Waals surface area contributed by atoms with E-state index in [0.717, 1.165) is 54.3 Å². The monoisotopic (exact) mass is 479 g/mol. The van der Waals surface area contributed by atoms with Crippen LogP contribution in [0.25, 0.3) is 6.08 Å². The van der Waals surface area contributed by atoms with Gasteiger partial charge in [0.15, 0.2) is 0 Å². The van der Waals surface area contributed by atoms with Crippen molar-refractivity contribution in [1.29, 1.82) is 0 Å². The zero-order valence-corrected chi connectivity index (χ0v) is 19.3. The van der Waals surface area contributed by atoms with Crippen molar-refractivity contribution in [3.8, 4) is 0 Å². The van der Waals surface area contributed by atoms with E-state index in [4.69, 9.17) is 11.6 Å². The molecular formula is C27H24ClF2N3O. The Bertz CT molecular complexity index is 1220. The summed E-state index contributed by atoms with van der Waals surface area (Å²) in [6.45, 7) is 3.00. The number of hydrogen-bond acceptors (Lipinski definition) is 3. The molecule has 0 aliphatic carbocycles. The number of anilines is 1. The van der Waals surface area contributed by atoms with Crippen molar-refractivity contribution in [2.24, 2.45) is 0 Å². The van der Waals surface area contributed by atoms with Crippen molar-refractivity contribution < 1.29 is 13.6 Å². The highest BCUT2D eigenvalue weighted by Gasteiger charge is 2.46. The standard InChI is InChI=1S/C27H24ClF2N3O/c28-21-6-3-19(4-7-21)2-1-13-32-14-11-27(12-15-32)18-33(24-9-8-22(29)16-23(24)27)26(34)20-5-10-25(30)31-17-20/h1-10,16-17H,11-15,18H2/b2-1+. The van der Waals surface area contributed by atoms with Crippen molar-refractivity contribution in [2.75, 3.05) is 31.1 Å². The number of aromatic nitrogens is 1. The Morgan fingerprint density at radius 1 is 1.06 bits per heavy atom. The van der Waals surface area contributed by atoms with Crippen LogP contribution in [0.15, 0.2) is 66.9 Å². The first-order valence-corrected chi connectivity index (χ1v) is 11.7. The van der Waals surface area contributed by atoms with Crippen molar-refractivity contribution in [1.82, 2.24) is 9.88 Å². The third kappa shape index (κ3) is 4.48. The Hall–Kier alpha value is -3.09. The molecule has 2 aliphatic heterocycles. The van der Waals surface area contributed by atoms with Crippen molar-refractivity contribution in [3.63, 3.8) is 0 Å². The van der Waals surface area contributed by atoms with Crippen LogP contribution >= 0.6 is 11.6 Å². The molecule has 7 heteroatoms. The van der Waals surface area contributed by atoms with Crippen LogP contribution < -0.4 is 4.90 Å². The quantitative estimate of drug-likeness (QED) is 0.449. The predicted octanol–water partition coefficient (Wildman–Crippen LogP) is 5.72. The maximum Gasteiger partial charge on any atom is 0.259 e. The highest BCUT2D eigenvalue weighted by atomic mass is 35.5. The second kappa shape index (κ2) is 9.28. The molecule has 2 aliphatic rings. The number of halogens is 3. The molecule has 1 fully saturated rings. The van der Waals surface area contributed by atoms with Crippen LogP contribution in [0.4, 0.5) is 14.5 Å². The number of pyridine rings is 1. The van der Waals surface area contributed by atoms with Gasteiger partial charge in [-0.3, -0.25) is 9.69 Å². The number of fused-ring (bicyclic) bond motifs is 2. The van der Waals surface area contributed by atoms with Crippen LogP contribution in [0.2, 0.25) is 5.02 Å². The minimum absolute atomic E-state index is 0.245. The molecule has 3 heterocycles. The van der Waals surface area contributed by atoms with E-state index in [-0.39, 0.29) is 17.1 Å². The minimum Gasteiger partial charge on any atom is -0.307 e. The van der Waals surface area contributed by atoms with E-state index in [1.165, 1.54) is 24.4 Å². The van der Waals surface area contributed by atoms with Gasteiger partial charge < -0.3 is 4.90 Å². The number of amides is 1. The Morgan fingerprint density at radius 3 is 2.53 bits per heavy atom. The van der Waals surface area contributed by atoms with Crippen molar-refractivity contribution >= 4 is 29.3 Å². The normalized spacial score (nSPS) is 17.4. The molecule has 1 spiro atoms. The van der Waals surface area contributed by atoms with Crippen LogP contribution in [0.5, 0.6) is 0 Å². The van der Waals surface area contributed by atoms with Crippen LogP contribution in [-0.4, -0.2) is 42.0 Å². The molecule has 0 N–H and O–H groups in total. The molecule has 2 aromatic carbocycles. The Kier molecular flexibility index (Phi) is 6.19. The molecule has 0 saturated carbocycles. The molecule has 4 nitrogen and oxygen atoms in total. The highest BCUT2D eigenvalue weighted by Crippen LogP contribution is 2.47. The molecule has 0 radical (unpaired) electrons. The molecule has 1 aromatic heterocycles. The highest BCUT2D eigenvalue weighted by molar-refractivity contribution is 6.30. The van der Waals surface area contributed by atoms with E-state index < -0.39 is 5.95 Å². The average molecular weight is 480 g/mol. The predicted molar refractivity (Wildman–Crippen MR) is 130 cm³/mol. The lowest BCUT2D eigenvalue weighted by molar-refractivity contribution is 0.0977. The van der Waals surface area contributed by atoms with Gasteiger partial charge in [0, 0.05) is 35.4 Å². The molecule has 34 heavy (non-hydrogen) atoms. The Balaban J connectivity index is 1.31. The second-order valence-electron chi connectivity index (χ2n) is 8.96. The lowest BCUT2D eigenvalue weighted by atomic mass is 9.74. The summed E-state index contributed by atoms with van der Waals surface area (Å²) in [4.78, 5) is 20.9. The maximum absolute atomic E-state index is 14.2. The fourth-order valence-corrected chi connectivity index (χ4v) is 5.11. The Labute approximate surface area is 202 Å². The molecule has 1 saturated heterocycles. The molecular weight excluding hydrogens is 456 g/mol. The van der Waals surface area contributed by atoms with E-state index >= 15 is 0 Å². The Morgan fingerprint density at radius 2 is 1.82 bits per heavy atom. The summed E-state index contributed by atoms with van der Waals surface area (Å²) in [7, 11) is 0. The summed E-state index contributed by atoms with van der Waals surface area (Å²) in [5, 5.41) is 0.718. The zero-order valence-electron chi connectivity index (χ0n) is 18.6. The molecule has 174 valence electrons. The van der Waals surface area contributed by atoms with Crippen molar-refractivity contribution in [2.45, 2.75) is 18.3 Å². The number of benzene rings is 2. The molecule has 0 bridgehead atoms. The first kappa shape index (κ1) is 22.7. The molecule has 1 amide bonds. The van der Waals surface area contributed by atoms with E-state index in [1.54, 1.807) is 17.0 Å². The number of hydrogen-bond donors (Lipinski definition) is 0. The summed E-state index contributed by atoms with van der Waals surface area (Å²) in [5.74, 6) is -1.18. The fourth-order valence-electron chi connectivity index (χ4n) is 4.98. The van der Waals surface area contributed by atoms with E-state index in [0.29, 0.717) is 12.1 Å². The average Bonchev–Trinajstić information content (AvgIpc) is 3.15. The van der Waals surface area contributed by atoms with Gasteiger partial charge in [-0.05, 0) is 79.5 Å². The van der Waals surface area contributed by atoms with Gasteiger partial charge in [-0.2, -0.15) is 4.39 Å². The van der Waals surface area contributed by atoms with Gasteiger partial charge in [-0.15, -0.1) is 0 Å². The van der Waals surface area contributed by atoms with Gasteiger partial charge in [-0.1, -0.05) is 35.9 Å². The number of nitrogens with zero attached hydrogens (tertiary/aromatic N) is 3. The van der Waals surface area contributed by atoms with Gasteiger partial charge in [0.05, 0.1) is 5.56 Å². The molecule has 3 aromatic rings. The van der Waals surface area contributed by atoms with E-state index in [2.05, 4.69) is 22.0 Å². The first-order chi connectivity index (χ1) is 16.4. The first-order valence-electron chi connectivity index (χ1n) is 11.3. The van der Waals surface area contributed by atoms with Crippen molar-refractivity contribution in [3.05, 3.63) is 100 Å². The van der Waals surface area contributed by atoms with Crippen LogP contribution in [0.1, 0.15) is 34.3 Å². The lowest BCUT2D eigenvalue weighted by Gasteiger charge is -2.39. The SMILES string of the molecule is O=C(c1ccc(F)nc1)N1CC2(CCN(C/C=C/c3ccc(Cl)cc3)CC2)c2cc(F)ccc21. The number of likely N-dealkylation sites (tertiary alicyclic amines) is 1. The van der Waals surface area contributed by atoms with Gasteiger partial charge in [0.1, 0.15) is 5.82 Å². The fraction of sp³-hybridized carbons (Fsp3) is 0.259. The number of rotatable bonds is 4. The number of carbonyl (C=O) groups excluding carboxylic acids is 1. The third-order valence-corrected chi connectivity index (χ3v) is 7.11. The smallest absolute Gasteiger partial charge is 0.259 e. The summed E-state index contributed by atoms with van der Waals surface area (Å²) in [6.07, 6.45) is 7.12. The zero-order chi connectivity index (χ0) is 23.7. The summed E-state index contributed by atoms with van der Waals surface area (Å²) in [5.41, 5.74) is 2.73. The number of carbonyl (C=O) groups is 1. The van der Waals surface area contributed by atoms with Gasteiger partial charge >= 0.3 is 0 Å². The third-order valence-electron chi connectivity index (χ3n) is 6.86. The summed E-state index contributed by atoms with van der Waals surface area (Å²) in [6, 6.07) is 15.0. The van der Waals surface area contributed by atoms with Gasteiger partial charge in [-0.25, -0.2) is 9.37 Å².